The first-order valence-corrected chi connectivity index (χ1v) is 5.31. The van der Waals surface area contributed by atoms with Crippen molar-refractivity contribution in [2.45, 2.75) is 39.2 Å². The number of hydrogen-bond acceptors (Lipinski definition) is 4. The van der Waals surface area contributed by atoms with Gasteiger partial charge in [0, 0.05) is 13.0 Å². The van der Waals surface area contributed by atoms with Crippen LogP contribution >= 0.6 is 0 Å². The predicted octanol–water partition coefficient (Wildman–Crippen LogP) is 0.180. The second kappa shape index (κ2) is 8.64. The van der Waals surface area contributed by atoms with Crippen molar-refractivity contribution in [1.29, 1.82) is 0 Å². The van der Waals surface area contributed by atoms with E-state index >= 15 is 0 Å². The van der Waals surface area contributed by atoms with Crippen molar-refractivity contribution in [2.75, 3.05) is 13.2 Å². The number of nitrogens with two attached hydrogens (primary N) is 1. The van der Waals surface area contributed by atoms with E-state index in [9.17, 15) is 9.90 Å². The minimum Gasteiger partial charge on any atom is -0.391 e. The molecule has 90 valence electrons. The van der Waals surface area contributed by atoms with Crippen molar-refractivity contribution in [1.82, 2.24) is 5.43 Å². The van der Waals surface area contributed by atoms with E-state index in [1.54, 1.807) is 0 Å². The molecule has 0 rings (SSSR count). The topological polar surface area (TPSA) is 84.6 Å². The highest BCUT2D eigenvalue weighted by atomic mass is 16.5. The maximum absolute atomic E-state index is 10.7. The van der Waals surface area contributed by atoms with Gasteiger partial charge >= 0.3 is 0 Å². The number of rotatable bonds is 8. The number of ether oxygens (including phenoxy) is 1. The van der Waals surface area contributed by atoms with Crippen molar-refractivity contribution in [3.05, 3.63) is 0 Å². The van der Waals surface area contributed by atoms with E-state index in [4.69, 9.17) is 10.6 Å². The fourth-order valence-electron chi connectivity index (χ4n) is 0.992. The normalized spacial score (nSPS) is 12.9. The summed E-state index contributed by atoms with van der Waals surface area (Å²) in [5, 5.41) is 9.41. The molecule has 1 unspecified atom stereocenters. The molecular formula is C10H22N2O3. The highest BCUT2D eigenvalue weighted by molar-refractivity contribution is 5.75. The van der Waals surface area contributed by atoms with E-state index in [2.05, 4.69) is 13.8 Å². The minimum atomic E-state index is -0.588. The van der Waals surface area contributed by atoms with Gasteiger partial charge in [0.25, 0.3) is 0 Å². The van der Waals surface area contributed by atoms with Crippen molar-refractivity contribution >= 4 is 5.91 Å². The Bertz CT molecular complexity index is 174. The van der Waals surface area contributed by atoms with E-state index in [-0.39, 0.29) is 18.9 Å². The van der Waals surface area contributed by atoms with Crippen LogP contribution in [0.3, 0.4) is 0 Å². The van der Waals surface area contributed by atoms with Crippen LogP contribution in [-0.2, 0) is 9.53 Å². The van der Waals surface area contributed by atoms with Crippen LogP contribution in [0.15, 0.2) is 0 Å². The standard InChI is InChI=1S/C10H22N2O3/c1-8(2)5-6-15-7-9(13)3-4-10(14)12-11/h8-9,13H,3-7,11H2,1-2H3,(H,12,14). The minimum absolute atomic E-state index is 0.227. The molecule has 0 aliphatic carbocycles. The van der Waals surface area contributed by atoms with Gasteiger partial charge in [0.2, 0.25) is 5.91 Å². The van der Waals surface area contributed by atoms with Crippen molar-refractivity contribution in [2.24, 2.45) is 11.8 Å². The van der Waals surface area contributed by atoms with Crippen LogP contribution in [0, 0.1) is 5.92 Å². The number of carbonyl (C=O) groups excluding carboxylic acids is 1. The van der Waals surface area contributed by atoms with Gasteiger partial charge in [0.05, 0.1) is 12.7 Å². The third kappa shape index (κ3) is 9.65. The lowest BCUT2D eigenvalue weighted by molar-refractivity contribution is -0.121. The SMILES string of the molecule is CC(C)CCOCC(O)CCC(=O)NN. The number of hydrazine groups is 1. The highest BCUT2D eigenvalue weighted by Gasteiger charge is 2.07. The van der Waals surface area contributed by atoms with Gasteiger partial charge in [0.15, 0.2) is 0 Å². The first-order valence-electron chi connectivity index (χ1n) is 5.31. The zero-order valence-corrected chi connectivity index (χ0v) is 9.53. The van der Waals surface area contributed by atoms with Crippen LogP contribution in [0.2, 0.25) is 0 Å². The Balaban J connectivity index is 3.33. The molecule has 5 heteroatoms. The molecule has 1 atom stereocenters. The van der Waals surface area contributed by atoms with Gasteiger partial charge in [-0.15, -0.1) is 0 Å². The lowest BCUT2D eigenvalue weighted by Gasteiger charge is -2.11. The molecule has 0 heterocycles. The van der Waals surface area contributed by atoms with Crippen molar-refractivity contribution < 1.29 is 14.6 Å². The molecule has 0 fully saturated rings. The Kier molecular flexibility index (Phi) is 8.27. The van der Waals surface area contributed by atoms with E-state index in [1.165, 1.54) is 0 Å². The summed E-state index contributed by atoms with van der Waals surface area (Å²) in [6.45, 7) is 5.17. The van der Waals surface area contributed by atoms with Gasteiger partial charge in [-0.1, -0.05) is 13.8 Å². The summed E-state index contributed by atoms with van der Waals surface area (Å²) >= 11 is 0. The third-order valence-corrected chi connectivity index (χ3v) is 2.02. The number of aliphatic hydroxyl groups is 1. The predicted molar refractivity (Wildman–Crippen MR) is 57.8 cm³/mol. The van der Waals surface area contributed by atoms with Gasteiger partial charge in [-0.25, -0.2) is 5.84 Å². The summed E-state index contributed by atoms with van der Waals surface area (Å²) in [6, 6.07) is 0. The number of amides is 1. The van der Waals surface area contributed by atoms with Gasteiger partial charge in [-0.2, -0.15) is 0 Å². The number of aliphatic hydroxyl groups excluding tert-OH is 1. The fourth-order valence-corrected chi connectivity index (χ4v) is 0.992. The summed E-state index contributed by atoms with van der Waals surface area (Å²) in [5.74, 6) is 5.24. The summed E-state index contributed by atoms with van der Waals surface area (Å²) in [5.41, 5.74) is 2.01. The molecule has 0 saturated heterocycles. The van der Waals surface area contributed by atoms with Crippen LogP contribution in [0.4, 0.5) is 0 Å². The van der Waals surface area contributed by atoms with Crippen molar-refractivity contribution in [3.63, 3.8) is 0 Å². The Morgan fingerprint density at radius 3 is 2.67 bits per heavy atom. The first kappa shape index (κ1) is 14.3. The van der Waals surface area contributed by atoms with Crippen molar-refractivity contribution in [3.8, 4) is 0 Å². The Morgan fingerprint density at radius 2 is 2.13 bits per heavy atom. The Morgan fingerprint density at radius 1 is 1.47 bits per heavy atom. The quantitative estimate of drug-likeness (QED) is 0.235. The van der Waals surface area contributed by atoms with Crippen LogP contribution in [0.5, 0.6) is 0 Å². The molecule has 0 spiro atoms. The average molecular weight is 218 g/mol. The van der Waals surface area contributed by atoms with Crippen LogP contribution < -0.4 is 11.3 Å². The van der Waals surface area contributed by atoms with Crippen LogP contribution in [0.1, 0.15) is 33.1 Å². The number of nitrogens with one attached hydrogen (secondary N) is 1. The zero-order valence-electron chi connectivity index (χ0n) is 9.53. The molecule has 4 N–H and O–H groups in total. The lowest BCUT2D eigenvalue weighted by Crippen LogP contribution is -2.31. The molecule has 0 aromatic rings. The summed E-state index contributed by atoms with van der Waals surface area (Å²) in [7, 11) is 0. The molecule has 0 aliphatic heterocycles. The van der Waals surface area contributed by atoms with Gasteiger partial charge in [-0.05, 0) is 18.8 Å². The summed E-state index contributed by atoms with van der Waals surface area (Å²) in [6.07, 6.45) is 1.00. The van der Waals surface area contributed by atoms with E-state index in [1.807, 2.05) is 5.43 Å². The van der Waals surface area contributed by atoms with Gasteiger partial charge < -0.3 is 9.84 Å². The maximum atomic E-state index is 10.7. The molecule has 0 aromatic carbocycles. The first-order chi connectivity index (χ1) is 7.06. The Hall–Kier alpha value is -0.650. The molecule has 0 aromatic heterocycles. The molecule has 0 aliphatic rings. The van der Waals surface area contributed by atoms with Gasteiger partial charge in [-0.3, -0.25) is 10.2 Å². The van der Waals surface area contributed by atoms with E-state index < -0.39 is 6.10 Å². The molecular weight excluding hydrogens is 196 g/mol. The fraction of sp³-hybridized carbons (Fsp3) is 0.900. The lowest BCUT2D eigenvalue weighted by atomic mass is 10.1. The second-order valence-corrected chi connectivity index (χ2v) is 4.02. The average Bonchev–Trinajstić information content (AvgIpc) is 2.20. The zero-order chi connectivity index (χ0) is 11.7. The molecule has 0 bridgehead atoms. The van der Waals surface area contributed by atoms with Crippen LogP contribution in [-0.4, -0.2) is 30.3 Å². The number of hydrogen-bond donors (Lipinski definition) is 3. The highest BCUT2D eigenvalue weighted by Crippen LogP contribution is 2.01. The van der Waals surface area contributed by atoms with E-state index in [0.717, 1.165) is 6.42 Å². The summed E-state index contributed by atoms with van der Waals surface area (Å²) < 4.78 is 5.26. The smallest absolute Gasteiger partial charge is 0.233 e. The molecule has 5 nitrogen and oxygen atoms in total. The summed E-state index contributed by atoms with van der Waals surface area (Å²) in [4.78, 5) is 10.7. The monoisotopic (exact) mass is 218 g/mol. The molecule has 15 heavy (non-hydrogen) atoms. The molecule has 1 amide bonds. The van der Waals surface area contributed by atoms with Gasteiger partial charge in [0.1, 0.15) is 0 Å². The molecule has 0 saturated carbocycles. The third-order valence-electron chi connectivity index (χ3n) is 2.02. The van der Waals surface area contributed by atoms with Crippen LogP contribution in [0.25, 0.3) is 0 Å². The largest absolute Gasteiger partial charge is 0.391 e. The maximum Gasteiger partial charge on any atom is 0.233 e. The van der Waals surface area contributed by atoms with E-state index in [0.29, 0.717) is 18.9 Å². The number of carbonyl (C=O) groups is 1. The second-order valence-electron chi connectivity index (χ2n) is 4.02. The Labute approximate surface area is 91.0 Å². The molecule has 0 radical (unpaired) electrons.